The molecule has 0 aliphatic carbocycles. The lowest BCUT2D eigenvalue weighted by Crippen LogP contribution is -2.51. The van der Waals surface area contributed by atoms with Gasteiger partial charge >= 0.3 is 0 Å². The highest BCUT2D eigenvalue weighted by Gasteiger charge is 2.28. The molecule has 0 amide bonds. The van der Waals surface area contributed by atoms with Crippen molar-refractivity contribution in [2.24, 2.45) is 0 Å². The lowest BCUT2D eigenvalue weighted by molar-refractivity contribution is 0.137. The maximum Gasteiger partial charge on any atom is 0.0443 e. The third kappa shape index (κ3) is 4.30. The zero-order valence-corrected chi connectivity index (χ0v) is 12.8. The molecule has 0 bridgehead atoms. The summed E-state index contributed by atoms with van der Waals surface area (Å²) in [6.07, 6.45) is 2.03. The molecule has 0 aromatic heterocycles. The van der Waals surface area contributed by atoms with Crippen molar-refractivity contribution in [2.75, 3.05) is 26.2 Å². The summed E-state index contributed by atoms with van der Waals surface area (Å²) in [4.78, 5) is 2.57. The molecular weight excluding hydrogens is 248 g/mol. The summed E-state index contributed by atoms with van der Waals surface area (Å²) >= 11 is 0. The van der Waals surface area contributed by atoms with Gasteiger partial charge in [0.15, 0.2) is 0 Å². The van der Waals surface area contributed by atoms with E-state index in [2.05, 4.69) is 54.4 Å². The van der Waals surface area contributed by atoms with Crippen LogP contribution in [-0.2, 0) is 0 Å². The Balaban J connectivity index is 2.01. The van der Waals surface area contributed by atoms with Crippen LogP contribution < -0.4 is 5.32 Å². The lowest BCUT2D eigenvalue weighted by atomic mass is 9.87. The molecule has 112 valence electrons. The smallest absolute Gasteiger partial charge is 0.0443 e. The van der Waals surface area contributed by atoms with Crippen molar-refractivity contribution in [3.05, 3.63) is 35.9 Å². The number of aliphatic hydroxyl groups is 1. The first-order chi connectivity index (χ1) is 9.70. The van der Waals surface area contributed by atoms with E-state index < -0.39 is 0 Å². The van der Waals surface area contributed by atoms with E-state index in [1.807, 2.05) is 0 Å². The van der Waals surface area contributed by atoms with Crippen LogP contribution in [0.3, 0.4) is 0 Å². The van der Waals surface area contributed by atoms with Crippen molar-refractivity contribution < 1.29 is 5.11 Å². The molecule has 0 radical (unpaired) electrons. The minimum absolute atomic E-state index is 0.274. The van der Waals surface area contributed by atoms with Gasteiger partial charge in [0.25, 0.3) is 0 Å². The van der Waals surface area contributed by atoms with Crippen LogP contribution in [-0.4, -0.2) is 48.3 Å². The normalized spacial score (nSPS) is 24.2. The number of nitrogens with zero attached hydrogens (tertiary/aromatic N) is 1. The molecule has 3 nitrogen and oxygen atoms in total. The molecule has 0 saturated carbocycles. The third-order valence-corrected chi connectivity index (χ3v) is 4.25. The van der Waals surface area contributed by atoms with Gasteiger partial charge in [0.1, 0.15) is 0 Å². The van der Waals surface area contributed by atoms with E-state index in [1.165, 1.54) is 12.0 Å². The van der Waals surface area contributed by atoms with Gasteiger partial charge in [0.05, 0.1) is 0 Å². The quantitative estimate of drug-likeness (QED) is 0.782. The Morgan fingerprint density at radius 2 is 2.00 bits per heavy atom. The molecule has 0 spiro atoms. The topological polar surface area (TPSA) is 35.5 Å². The molecular formula is C17H28N2O. The summed E-state index contributed by atoms with van der Waals surface area (Å²) in [6.45, 7) is 8.01. The van der Waals surface area contributed by atoms with Crippen LogP contribution in [0.5, 0.6) is 0 Å². The second kappa shape index (κ2) is 7.77. The molecule has 1 aliphatic rings. The van der Waals surface area contributed by atoms with Crippen molar-refractivity contribution in [1.82, 2.24) is 10.2 Å². The van der Waals surface area contributed by atoms with E-state index in [0.717, 1.165) is 26.1 Å². The standard InChI is InChI=1S/C17H28N2O/c1-14(2)19-12-16(15-7-4-3-5-8-15)11-17(13-19)18-9-6-10-20/h3-5,7-8,14,16-18,20H,6,9-13H2,1-2H3. The zero-order chi connectivity index (χ0) is 14.4. The first-order valence-corrected chi connectivity index (χ1v) is 7.84. The summed E-state index contributed by atoms with van der Waals surface area (Å²) < 4.78 is 0. The molecule has 1 fully saturated rings. The molecule has 2 atom stereocenters. The van der Waals surface area contributed by atoms with Crippen LogP contribution in [0, 0.1) is 0 Å². The number of benzene rings is 1. The number of rotatable bonds is 6. The SMILES string of the molecule is CC(C)N1CC(NCCCO)CC(c2ccccc2)C1. The number of nitrogens with one attached hydrogen (secondary N) is 1. The number of hydrogen-bond donors (Lipinski definition) is 2. The monoisotopic (exact) mass is 276 g/mol. The molecule has 1 aromatic rings. The van der Waals surface area contributed by atoms with E-state index >= 15 is 0 Å². The highest BCUT2D eigenvalue weighted by molar-refractivity contribution is 5.21. The van der Waals surface area contributed by atoms with E-state index in [4.69, 9.17) is 5.11 Å². The Bertz CT molecular complexity index is 380. The van der Waals surface area contributed by atoms with E-state index in [-0.39, 0.29) is 6.61 Å². The Hall–Kier alpha value is -0.900. The van der Waals surface area contributed by atoms with Gasteiger partial charge in [-0.2, -0.15) is 0 Å². The molecule has 2 N–H and O–H groups in total. The van der Waals surface area contributed by atoms with Gasteiger partial charge in [-0.1, -0.05) is 30.3 Å². The molecule has 2 rings (SSSR count). The highest BCUT2D eigenvalue weighted by atomic mass is 16.3. The molecule has 1 saturated heterocycles. The summed E-state index contributed by atoms with van der Waals surface area (Å²) in [5.74, 6) is 0.610. The van der Waals surface area contributed by atoms with Gasteiger partial charge in [-0.15, -0.1) is 0 Å². The van der Waals surface area contributed by atoms with Crippen molar-refractivity contribution in [2.45, 2.75) is 44.7 Å². The molecule has 1 aliphatic heterocycles. The minimum atomic E-state index is 0.274. The maximum absolute atomic E-state index is 8.92. The van der Waals surface area contributed by atoms with Crippen LogP contribution >= 0.6 is 0 Å². The first-order valence-electron chi connectivity index (χ1n) is 7.84. The van der Waals surface area contributed by atoms with Gasteiger partial charge in [-0.25, -0.2) is 0 Å². The fraction of sp³-hybridized carbons (Fsp3) is 0.647. The highest BCUT2D eigenvalue weighted by Crippen LogP contribution is 2.28. The van der Waals surface area contributed by atoms with Crippen LogP contribution in [0.1, 0.15) is 38.2 Å². The second-order valence-corrected chi connectivity index (χ2v) is 6.12. The van der Waals surface area contributed by atoms with E-state index in [0.29, 0.717) is 18.0 Å². The fourth-order valence-electron chi connectivity index (χ4n) is 3.05. The fourth-order valence-corrected chi connectivity index (χ4v) is 3.05. The van der Waals surface area contributed by atoms with Crippen molar-refractivity contribution >= 4 is 0 Å². The van der Waals surface area contributed by atoms with Crippen molar-refractivity contribution in [3.8, 4) is 0 Å². The van der Waals surface area contributed by atoms with Gasteiger partial charge in [-0.05, 0) is 44.7 Å². The second-order valence-electron chi connectivity index (χ2n) is 6.12. The minimum Gasteiger partial charge on any atom is -0.396 e. The van der Waals surface area contributed by atoms with Crippen LogP contribution in [0.15, 0.2) is 30.3 Å². The van der Waals surface area contributed by atoms with E-state index in [1.54, 1.807) is 0 Å². The molecule has 2 unspecified atom stereocenters. The summed E-state index contributed by atoms with van der Waals surface area (Å²) in [5.41, 5.74) is 1.45. The summed E-state index contributed by atoms with van der Waals surface area (Å²) in [6, 6.07) is 12.0. The van der Waals surface area contributed by atoms with Crippen LogP contribution in [0.2, 0.25) is 0 Å². The predicted octanol–water partition coefficient (Wildman–Crippen LogP) is 2.22. The molecule has 3 heteroatoms. The Morgan fingerprint density at radius 1 is 1.25 bits per heavy atom. The Labute approximate surface area is 123 Å². The van der Waals surface area contributed by atoms with Gasteiger partial charge in [0.2, 0.25) is 0 Å². The first kappa shape index (κ1) is 15.5. The summed E-state index contributed by atoms with van der Waals surface area (Å²) in [5, 5.41) is 12.5. The number of piperidine rings is 1. The van der Waals surface area contributed by atoms with E-state index in [9.17, 15) is 0 Å². The van der Waals surface area contributed by atoms with Crippen molar-refractivity contribution in [1.29, 1.82) is 0 Å². The Kier molecular flexibility index (Phi) is 6.02. The summed E-state index contributed by atoms with van der Waals surface area (Å²) in [7, 11) is 0. The van der Waals surface area contributed by atoms with Gasteiger partial charge in [0, 0.05) is 31.8 Å². The van der Waals surface area contributed by atoms with Crippen LogP contribution in [0.25, 0.3) is 0 Å². The lowest BCUT2D eigenvalue weighted by Gasteiger charge is -2.40. The Morgan fingerprint density at radius 3 is 2.65 bits per heavy atom. The average molecular weight is 276 g/mol. The maximum atomic E-state index is 8.92. The van der Waals surface area contributed by atoms with Gasteiger partial charge < -0.3 is 10.4 Å². The number of aliphatic hydroxyl groups excluding tert-OH is 1. The molecule has 1 aromatic carbocycles. The largest absolute Gasteiger partial charge is 0.396 e. The molecule has 1 heterocycles. The third-order valence-electron chi connectivity index (χ3n) is 4.25. The van der Waals surface area contributed by atoms with Gasteiger partial charge in [-0.3, -0.25) is 4.90 Å². The zero-order valence-electron chi connectivity index (χ0n) is 12.8. The number of likely N-dealkylation sites (tertiary alicyclic amines) is 1. The van der Waals surface area contributed by atoms with Crippen molar-refractivity contribution in [3.63, 3.8) is 0 Å². The molecule has 20 heavy (non-hydrogen) atoms. The predicted molar refractivity (Wildman–Crippen MR) is 84.0 cm³/mol. The average Bonchev–Trinajstić information content (AvgIpc) is 2.48. The van der Waals surface area contributed by atoms with Crippen LogP contribution in [0.4, 0.5) is 0 Å². The number of hydrogen-bond acceptors (Lipinski definition) is 3.